The van der Waals surface area contributed by atoms with Gasteiger partial charge in [0.15, 0.2) is 11.6 Å². The number of ketones is 2. The van der Waals surface area contributed by atoms with Crippen LogP contribution in [-0.2, 0) is 10.1 Å². The Hall–Kier alpha value is -2.35. The van der Waals surface area contributed by atoms with Gasteiger partial charge in [0, 0.05) is 22.3 Å². The molecule has 0 spiro atoms. The Balaban J connectivity index is 0.000000284. The first-order valence-corrected chi connectivity index (χ1v) is 11.2. The zero-order chi connectivity index (χ0) is 21.8. The van der Waals surface area contributed by atoms with E-state index in [4.69, 9.17) is 0 Å². The predicted octanol–water partition coefficient (Wildman–Crippen LogP) is 3.25. The Morgan fingerprint density at radius 2 is 1.14 bits per heavy atom. The van der Waals surface area contributed by atoms with E-state index in [-0.39, 0.29) is 28.0 Å². The fourth-order valence-electron chi connectivity index (χ4n) is 3.58. The lowest BCUT2D eigenvalue weighted by Gasteiger charge is -2.34. The lowest BCUT2D eigenvalue weighted by molar-refractivity contribution is -0.921. The average molecular weight is 418 g/mol. The Morgan fingerprint density at radius 1 is 0.724 bits per heavy atom. The quantitative estimate of drug-likeness (QED) is 0.469. The van der Waals surface area contributed by atoms with Gasteiger partial charge >= 0.3 is 0 Å². The van der Waals surface area contributed by atoms with E-state index >= 15 is 0 Å². The Bertz CT molecular complexity index is 1010. The van der Waals surface area contributed by atoms with Crippen molar-refractivity contribution in [3.8, 4) is 0 Å². The fraction of sp³-hybridized carbons (Fsp3) is 0.364. The minimum Gasteiger partial charge on any atom is -0.744 e. The summed E-state index contributed by atoms with van der Waals surface area (Å²) in [6, 6.07) is 9.51. The van der Waals surface area contributed by atoms with Crippen molar-refractivity contribution >= 4 is 21.7 Å². The molecule has 156 valence electrons. The molecule has 0 fully saturated rings. The molecule has 1 aliphatic rings. The lowest BCUT2D eigenvalue weighted by Crippen LogP contribution is -2.47. The van der Waals surface area contributed by atoms with Crippen LogP contribution in [0.25, 0.3) is 0 Å². The van der Waals surface area contributed by atoms with Crippen LogP contribution in [0.2, 0.25) is 0 Å². The van der Waals surface area contributed by atoms with Crippen molar-refractivity contribution in [2.24, 2.45) is 0 Å². The molecule has 0 bridgehead atoms. The highest BCUT2D eigenvalue weighted by molar-refractivity contribution is 7.85. The molecule has 0 N–H and O–H groups in total. The molecule has 0 aliphatic heterocycles. The van der Waals surface area contributed by atoms with E-state index in [9.17, 15) is 22.6 Å². The number of carbonyl (C=O) groups excluding carboxylic acids is 2. The summed E-state index contributed by atoms with van der Waals surface area (Å²) < 4.78 is 34.3. The molecule has 0 unspecified atom stereocenters. The van der Waals surface area contributed by atoms with E-state index in [0.717, 1.165) is 12.1 Å². The van der Waals surface area contributed by atoms with Crippen LogP contribution in [0.4, 0.5) is 0 Å². The molecule has 0 saturated heterocycles. The maximum Gasteiger partial charge on any atom is 0.194 e. The highest BCUT2D eigenvalue weighted by atomic mass is 32.2. The van der Waals surface area contributed by atoms with Crippen LogP contribution in [-0.4, -0.2) is 55.2 Å². The molecule has 3 rings (SSSR count). The molecule has 7 heteroatoms. The third kappa shape index (κ3) is 4.63. The third-order valence-corrected chi connectivity index (χ3v) is 6.70. The van der Waals surface area contributed by atoms with Crippen molar-refractivity contribution in [2.75, 3.05) is 26.2 Å². The molecule has 1 aliphatic carbocycles. The Kier molecular flexibility index (Phi) is 7.11. The molecule has 0 aromatic heterocycles. The summed E-state index contributed by atoms with van der Waals surface area (Å²) in [6.45, 7) is 14.2. The summed E-state index contributed by atoms with van der Waals surface area (Å²) >= 11 is 0. The van der Waals surface area contributed by atoms with Gasteiger partial charge in [0.2, 0.25) is 0 Å². The van der Waals surface area contributed by atoms with E-state index in [0.29, 0.717) is 0 Å². The number of hydrogen-bond donors (Lipinski definition) is 0. The molecule has 2 aromatic rings. The maximum absolute atomic E-state index is 12.3. The zero-order valence-corrected chi connectivity index (χ0v) is 18.1. The molecule has 0 saturated carbocycles. The number of nitrogens with zero attached hydrogens (tertiary/aromatic N) is 1. The highest BCUT2D eigenvalue weighted by Crippen LogP contribution is 2.28. The minimum absolute atomic E-state index is 0.0503. The molecule has 0 radical (unpaired) electrons. The van der Waals surface area contributed by atoms with Crippen molar-refractivity contribution in [1.29, 1.82) is 0 Å². The van der Waals surface area contributed by atoms with Gasteiger partial charge in [-0.3, -0.25) is 9.59 Å². The van der Waals surface area contributed by atoms with Crippen molar-refractivity contribution in [3.63, 3.8) is 0 Å². The summed E-state index contributed by atoms with van der Waals surface area (Å²) in [7, 11) is -4.67. The minimum atomic E-state index is -4.67. The normalized spacial score (nSPS) is 13.3. The van der Waals surface area contributed by atoms with Crippen LogP contribution in [0, 0.1) is 0 Å². The second-order valence-electron chi connectivity index (χ2n) is 6.97. The Labute approximate surface area is 172 Å². The van der Waals surface area contributed by atoms with Crippen LogP contribution in [0.5, 0.6) is 0 Å². The largest absolute Gasteiger partial charge is 0.744 e. The molecule has 6 nitrogen and oxygen atoms in total. The van der Waals surface area contributed by atoms with Crippen molar-refractivity contribution < 1.29 is 27.0 Å². The van der Waals surface area contributed by atoms with E-state index in [1.165, 1.54) is 48.9 Å². The average Bonchev–Trinajstić information content (AvgIpc) is 2.73. The van der Waals surface area contributed by atoms with Crippen LogP contribution < -0.4 is 0 Å². The van der Waals surface area contributed by atoms with E-state index < -0.39 is 20.8 Å². The maximum atomic E-state index is 12.3. The Morgan fingerprint density at radius 3 is 1.52 bits per heavy atom. The number of hydrogen-bond acceptors (Lipinski definition) is 5. The van der Waals surface area contributed by atoms with E-state index in [1.807, 2.05) is 0 Å². The third-order valence-electron chi connectivity index (χ3n) is 5.87. The lowest BCUT2D eigenvalue weighted by atomic mass is 9.84. The molecule has 2 aromatic carbocycles. The van der Waals surface area contributed by atoms with Gasteiger partial charge in [-0.2, -0.15) is 0 Å². The molecular formula is C22H27NO5S. The summed E-state index contributed by atoms with van der Waals surface area (Å²) in [5.41, 5.74) is 0.555. The first-order valence-electron chi connectivity index (χ1n) is 9.77. The number of carbonyl (C=O) groups is 2. The van der Waals surface area contributed by atoms with Gasteiger partial charge in [-0.25, -0.2) is 8.42 Å². The second kappa shape index (κ2) is 8.98. The van der Waals surface area contributed by atoms with Crippen LogP contribution in [0.15, 0.2) is 47.4 Å². The van der Waals surface area contributed by atoms with E-state index in [2.05, 4.69) is 27.7 Å². The van der Waals surface area contributed by atoms with Crippen molar-refractivity contribution in [2.45, 2.75) is 32.6 Å². The summed E-state index contributed by atoms with van der Waals surface area (Å²) in [5, 5.41) is 0. The topological polar surface area (TPSA) is 91.3 Å². The monoisotopic (exact) mass is 417 g/mol. The molecule has 0 amide bonds. The number of fused-ring (bicyclic) bond motifs is 2. The molecule has 29 heavy (non-hydrogen) atoms. The van der Waals surface area contributed by atoms with Gasteiger partial charge in [0.1, 0.15) is 10.1 Å². The zero-order valence-electron chi connectivity index (χ0n) is 17.3. The van der Waals surface area contributed by atoms with Crippen molar-refractivity contribution in [1.82, 2.24) is 0 Å². The molecular weight excluding hydrogens is 390 g/mol. The SMILES string of the molecule is CC[N+](CC)(CC)CC.O=C1c2ccccc2C(=O)c2cc(S(=O)(=O)[O-])ccc21. The van der Waals surface area contributed by atoms with Crippen LogP contribution >= 0.6 is 0 Å². The van der Waals surface area contributed by atoms with Crippen molar-refractivity contribution in [3.05, 3.63) is 64.7 Å². The van der Waals surface area contributed by atoms with Gasteiger partial charge in [-0.05, 0) is 45.9 Å². The smallest absolute Gasteiger partial charge is 0.194 e. The summed E-state index contributed by atoms with van der Waals surface area (Å²) in [5.74, 6) is -0.814. The number of quaternary nitrogens is 1. The number of benzene rings is 2. The van der Waals surface area contributed by atoms with Gasteiger partial charge in [0.05, 0.1) is 31.1 Å². The number of rotatable bonds is 5. The molecule has 0 atom stereocenters. The van der Waals surface area contributed by atoms with Gasteiger partial charge in [0.25, 0.3) is 0 Å². The van der Waals surface area contributed by atoms with Crippen LogP contribution in [0.3, 0.4) is 0 Å². The standard InChI is InChI=1S/C14H8O5S.C8H20N/c15-13-9-3-1-2-4-10(9)14(16)12-7-8(20(17,18)19)5-6-11(12)13;1-5-9(6-2,7-3)8-4/h1-7H,(H,17,18,19);5-8H2,1-4H3/q;+1/p-1. The first kappa shape index (κ1) is 22.9. The van der Waals surface area contributed by atoms with Gasteiger partial charge in [-0.1, -0.05) is 24.3 Å². The summed E-state index contributed by atoms with van der Waals surface area (Å²) in [6.07, 6.45) is 0. The van der Waals surface area contributed by atoms with Crippen LogP contribution in [0.1, 0.15) is 59.5 Å². The summed E-state index contributed by atoms with van der Waals surface area (Å²) in [4.78, 5) is 24.0. The second-order valence-corrected chi connectivity index (χ2v) is 8.35. The van der Waals surface area contributed by atoms with Gasteiger partial charge in [-0.15, -0.1) is 0 Å². The molecule has 0 heterocycles. The van der Waals surface area contributed by atoms with E-state index in [1.54, 1.807) is 12.1 Å². The first-order chi connectivity index (χ1) is 13.6. The fourth-order valence-corrected chi connectivity index (χ4v) is 4.07. The van der Waals surface area contributed by atoms with Gasteiger partial charge < -0.3 is 9.04 Å². The highest BCUT2D eigenvalue weighted by Gasteiger charge is 2.29. The predicted molar refractivity (Wildman–Crippen MR) is 110 cm³/mol.